The van der Waals surface area contributed by atoms with Crippen molar-refractivity contribution in [1.29, 1.82) is 0 Å². The fourth-order valence-corrected chi connectivity index (χ4v) is 3.81. The molecule has 0 radical (unpaired) electrons. The molecule has 6 heteroatoms. The summed E-state index contributed by atoms with van der Waals surface area (Å²) in [5.74, 6) is -0.120. The Balaban J connectivity index is 1.98. The molecule has 1 atom stereocenters. The van der Waals surface area contributed by atoms with Gasteiger partial charge in [0.15, 0.2) is 0 Å². The van der Waals surface area contributed by atoms with E-state index in [1.807, 2.05) is 18.7 Å². The number of nitrogens with zero attached hydrogens (tertiary/aromatic N) is 3. The number of amides is 2. The van der Waals surface area contributed by atoms with Gasteiger partial charge in [-0.25, -0.2) is 0 Å². The molecule has 1 saturated heterocycles. The van der Waals surface area contributed by atoms with Crippen LogP contribution in [0.1, 0.15) is 49.7 Å². The fraction of sp³-hybridized carbons (Fsp3) is 0.409. The largest absolute Gasteiger partial charge is 0.508 e. The quantitative estimate of drug-likeness (QED) is 0.834. The van der Waals surface area contributed by atoms with E-state index in [4.69, 9.17) is 0 Å². The number of phenols is 1. The maximum Gasteiger partial charge on any atom is 0.274 e. The van der Waals surface area contributed by atoms with Crippen molar-refractivity contribution in [2.24, 2.45) is 0 Å². The highest BCUT2D eigenvalue weighted by molar-refractivity contribution is 5.99. The molecule has 2 heterocycles. The van der Waals surface area contributed by atoms with Crippen molar-refractivity contribution in [3.8, 4) is 5.75 Å². The summed E-state index contributed by atoms with van der Waals surface area (Å²) in [6.45, 7) is 6.52. The summed E-state index contributed by atoms with van der Waals surface area (Å²) in [5, 5.41) is 9.53. The lowest BCUT2D eigenvalue weighted by Crippen LogP contribution is -2.53. The van der Waals surface area contributed by atoms with Crippen molar-refractivity contribution in [2.45, 2.75) is 51.7 Å². The van der Waals surface area contributed by atoms with Crippen molar-refractivity contribution >= 4 is 11.8 Å². The molecule has 0 aliphatic carbocycles. The van der Waals surface area contributed by atoms with Crippen LogP contribution in [0.2, 0.25) is 0 Å². The smallest absolute Gasteiger partial charge is 0.274 e. The minimum atomic E-state index is -0.748. The molecule has 148 valence electrons. The molecule has 1 fully saturated rings. The lowest BCUT2D eigenvalue weighted by atomic mass is 10.0. The number of rotatable bonds is 6. The first-order valence-corrected chi connectivity index (χ1v) is 9.70. The minimum Gasteiger partial charge on any atom is -0.508 e. The second-order valence-corrected chi connectivity index (χ2v) is 7.61. The van der Waals surface area contributed by atoms with E-state index < -0.39 is 11.7 Å². The molecular weight excluding hydrogens is 354 g/mol. The maximum absolute atomic E-state index is 13.3. The average molecular weight is 381 g/mol. The van der Waals surface area contributed by atoms with Gasteiger partial charge in [0, 0.05) is 19.2 Å². The lowest BCUT2D eigenvalue weighted by molar-refractivity contribution is -0.131. The first-order valence-electron chi connectivity index (χ1n) is 9.70. The molecule has 1 aliphatic rings. The van der Waals surface area contributed by atoms with Gasteiger partial charge in [0.05, 0.1) is 0 Å². The molecule has 0 saturated carbocycles. The summed E-state index contributed by atoms with van der Waals surface area (Å²) in [7, 11) is 0. The van der Waals surface area contributed by atoms with Crippen molar-refractivity contribution in [1.82, 2.24) is 14.8 Å². The van der Waals surface area contributed by atoms with E-state index in [0.717, 1.165) is 18.4 Å². The van der Waals surface area contributed by atoms with Crippen LogP contribution in [0, 0.1) is 0 Å². The summed E-state index contributed by atoms with van der Waals surface area (Å²) in [6, 6.07) is 11.4. The summed E-state index contributed by atoms with van der Waals surface area (Å²) in [6.07, 6.45) is 3.83. The number of phenolic OH excluding ortho intramolecular Hbond substituents is 1. The molecule has 1 aliphatic heterocycles. The van der Waals surface area contributed by atoms with Crippen molar-refractivity contribution in [3.05, 3.63) is 59.9 Å². The molecule has 1 aromatic heterocycles. The van der Waals surface area contributed by atoms with Crippen LogP contribution in [0.4, 0.5) is 0 Å². The third kappa shape index (κ3) is 3.72. The Morgan fingerprint density at radius 3 is 2.50 bits per heavy atom. The predicted octanol–water partition coefficient (Wildman–Crippen LogP) is 3.22. The molecule has 2 amide bonds. The van der Waals surface area contributed by atoms with E-state index in [0.29, 0.717) is 18.7 Å². The Hall–Kier alpha value is -2.89. The highest BCUT2D eigenvalue weighted by atomic mass is 16.3. The number of unbranched alkanes of at least 4 members (excludes halogenated alkanes) is 1. The summed E-state index contributed by atoms with van der Waals surface area (Å²) in [5.41, 5.74) is 0.474. The van der Waals surface area contributed by atoms with Gasteiger partial charge in [0.25, 0.3) is 5.91 Å². The topological polar surface area (TPSA) is 73.7 Å². The van der Waals surface area contributed by atoms with Crippen LogP contribution in [-0.4, -0.2) is 50.0 Å². The normalized spacial score (nSPS) is 18.5. The number of carbonyl (C=O) groups is 2. The molecule has 28 heavy (non-hydrogen) atoms. The van der Waals surface area contributed by atoms with Crippen LogP contribution in [0.3, 0.4) is 0 Å². The zero-order valence-electron chi connectivity index (χ0n) is 16.6. The van der Waals surface area contributed by atoms with Crippen molar-refractivity contribution in [3.63, 3.8) is 0 Å². The predicted molar refractivity (Wildman–Crippen MR) is 107 cm³/mol. The van der Waals surface area contributed by atoms with Gasteiger partial charge in [-0.15, -0.1) is 0 Å². The highest BCUT2D eigenvalue weighted by Crippen LogP contribution is 2.35. The molecule has 0 spiro atoms. The number of carbonyl (C=O) groups excluding carboxylic acids is 2. The second-order valence-electron chi connectivity index (χ2n) is 7.61. The number of benzene rings is 1. The van der Waals surface area contributed by atoms with Crippen molar-refractivity contribution < 1.29 is 14.7 Å². The molecule has 0 bridgehead atoms. The van der Waals surface area contributed by atoms with Gasteiger partial charge in [0.1, 0.15) is 23.1 Å². The van der Waals surface area contributed by atoms with E-state index in [9.17, 15) is 14.7 Å². The third-order valence-electron chi connectivity index (χ3n) is 5.32. The Morgan fingerprint density at radius 2 is 1.89 bits per heavy atom. The number of hydrogen-bond donors (Lipinski definition) is 1. The Morgan fingerprint density at radius 1 is 1.18 bits per heavy atom. The molecule has 3 rings (SSSR count). The van der Waals surface area contributed by atoms with Crippen LogP contribution in [0.25, 0.3) is 0 Å². The molecule has 1 aromatic carbocycles. The fourth-order valence-electron chi connectivity index (χ4n) is 3.81. The first kappa shape index (κ1) is 19.9. The molecule has 1 N–H and O–H groups in total. The summed E-state index contributed by atoms with van der Waals surface area (Å²) >= 11 is 0. The van der Waals surface area contributed by atoms with Gasteiger partial charge >= 0.3 is 0 Å². The lowest BCUT2D eigenvalue weighted by Gasteiger charge is -2.38. The number of aromatic nitrogens is 1. The van der Waals surface area contributed by atoms with Gasteiger partial charge in [-0.05, 0) is 50.1 Å². The SMILES string of the molecule is CCCCN1C(=O)C(Cc2ccc(O)cc2)N(C(=O)c2ccccn2)C1(C)C. The van der Waals surface area contributed by atoms with Gasteiger partial charge in [-0.2, -0.15) is 0 Å². The standard InChI is InChI=1S/C22H27N3O3/c1-4-5-14-24-21(28)19(15-16-9-11-17(26)12-10-16)25(22(24,2)3)20(27)18-8-6-7-13-23-18/h6-13,19,26H,4-5,14-15H2,1-3H3. The maximum atomic E-state index is 13.3. The second kappa shape index (κ2) is 8.00. The van der Waals surface area contributed by atoms with Crippen molar-refractivity contribution in [2.75, 3.05) is 6.54 Å². The van der Waals surface area contributed by atoms with E-state index in [2.05, 4.69) is 11.9 Å². The molecule has 1 unspecified atom stereocenters. The summed E-state index contributed by atoms with van der Waals surface area (Å²) < 4.78 is 0. The van der Waals surface area contributed by atoms with E-state index in [1.54, 1.807) is 53.6 Å². The zero-order chi connectivity index (χ0) is 20.3. The van der Waals surface area contributed by atoms with Crippen LogP contribution in [-0.2, 0) is 11.2 Å². The molecule has 2 aromatic rings. The Bertz CT molecular complexity index is 834. The van der Waals surface area contributed by atoms with Gasteiger partial charge in [-0.1, -0.05) is 31.5 Å². The van der Waals surface area contributed by atoms with E-state index >= 15 is 0 Å². The van der Waals surface area contributed by atoms with Crippen LogP contribution in [0.5, 0.6) is 5.75 Å². The van der Waals surface area contributed by atoms with E-state index in [-0.39, 0.29) is 17.6 Å². The summed E-state index contributed by atoms with van der Waals surface area (Å²) in [4.78, 5) is 34.3. The average Bonchev–Trinajstić information content (AvgIpc) is 2.87. The Labute approximate surface area is 165 Å². The van der Waals surface area contributed by atoms with Gasteiger partial charge < -0.3 is 14.9 Å². The Kier molecular flexibility index (Phi) is 5.68. The van der Waals surface area contributed by atoms with Crippen LogP contribution >= 0.6 is 0 Å². The molecule has 6 nitrogen and oxygen atoms in total. The number of hydrogen-bond acceptors (Lipinski definition) is 4. The third-order valence-corrected chi connectivity index (χ3v) is 5.32. The minimum absolute atomic E-state index is 0.0455. The van der Waals surface area contributed by atoms with Crippen LogP contribution in [0.15, 0.2) is 48.7 Å². The number of pyridine rings is 1. The monoisotopic (exact) mass is 381 g/mol. The molecular formula is C22H27N3O3. The first-order chi connectivity index (χ1) is 13.4. The van der Waals surface area contributed by atoms with Gasteiger partial charge in [0.2, 0.25) is 5.91 Å². The number of aromatic hydroxyl groups is 1. The van der Waals surface area contributed by atoms with Crippen LogP contribution < -0.4 is 0 Å². The van der Waals surface area contributed by atoms with E-state index in [1.165, 1.54) is 0 Å². The van der Waals surface area contributed by atoms with Gasteiger partial charge in [-0.3, -0.25) is 14.6 Å². The zero-order valence-corrected chi connectivity index (χ0v) is 16.6. The highest BCUT2D eigenvalue weighted by Gasteiger charge is 2.53.